The molecular weight excluding hydrogens is 471 g/mol. The van der Waals surface area contributed by atoms with Gasteiger partial charge >= 0.3 is 5.97 Å². The van der Waals surface area contributed by atoms with E-state index in [0.717, 1.165) is 22.5 Å². The van der Waals surface area contributed by atoms with E-state index in [1.807, 2.05) is 32.0 Å². The summed E-state index contributed by atoms with van der Waals surface area (Å²) in [7, 11) is 1.24. The Kier molecular flexibility index (Phi) is 7.23. The van der Waals surface area contributed by atoms with Gasteiger partial charge in [0.15, 0.2) is 0 Å². The van der Waals surface area contributed by atoms with Crippen LogP contribution in [0.25, 0.3) is 0 Å². The van der Waals surface area contributed by atoms with Crippen molar-refractivity contribution in [3.05, 3.63) is 79.1 Å². The van der Waals surface area contributed by atoms with Crippen molar-refractivity contribution in [1.82, 2.24) is 0 Å². The maximum Gasteiger partial charge on any atom is 0.341 e. The maximum absolute atomic E-state index is 13.0. The van der Waals surface area contributed by atoms with Crippen LogP contribution in [0.5, 0.6) is 0 Å². The summed E-state index contributed by atoms with van der Waals surface area (Å²) >= 11 is 12.9. The van der Waals surface area contributed by atoms with E-state index in [9.17, 15) is 14.4 Å². The van der Waals surface area contributed by atoms with E-state index >= 15 is 0 Å². The lowest BCUT2D eigenvalue weighted by Crippen LogP contribution is -2.14. The average Bonchev–Trinajstić information content (AvgIpc) is 3.07. The Morgan fingerprint density at radius 1 is 0.906 bits per heavy atom. The van der Waals surface area contributed by atoms with Crippen molar-refractivity contribution < 1.29 is 19.1 Å². The van der Waals surface area contributed by atoms with Gasteiger partial charge in [0.05, 0.1) is 27.6 Å². The standard InChI is InChI=1S/C23H20Cl2N2O4S/c1-11-5-6-12(2)17(9-11)26-21(29)19-13(3)18(23(30)31-4)22(32-19)27-20(28)14-7-8-15(24)16(25)10-14/h5-10H,1-4H3,(H,26,29)(H,27,28). The number of methoxy groups -OCH3 is 1. The van der Waals surface area contributed by atoms with Gasteiger partial charge in [-0.25, -0.2) is 4.79 Å². The number of halogens is 2. The van der Waals surface area contributed by atoms with Crippen LogP contribution in [0.15, 0.2) is 36.4 Å². The molecule has 0 aliphatic carbocycles. The molecule has 0 spiro atoms. The van der Waals surface area contributed by atoms with Crippen LogP contribution in [0.2, 0.25) is 10.0 Å². The highest BCUT2D eigenvalue weighted by atomic mass is 35.5. The number of carbonyl (C=O) groups excluding carboxylic acids is 3. The molecule has 1 heterocycles. The SMILES string of the molecule is COC(=O)c1c(NC(=O)c2ccc(Cl)c(Cl)c2)sc(C(=O)Nc2cc(C)ccc2C)c1C. The average molecular weight is 491 g/mol. The molecule has 6 nitrogen and oxygen atoms in total. The van der Waals surface area contributed by atoms with Gasteiger partial charge in [0.2, 0.25) is 0 Å². The number of aryl methyl sites for hydroxylation is 2. The first-order valence-corrected chi connectivity index (χ1v) is 11.1. The lowest BCUT2D eigenvalue weighted by molar-refractivity contribution is 0.0601. The topological polar surface area (TPSA) is 84.5 Å². The van der Waals surface area contributed by atoms with Crippen molar-refractivity contribution in [2.45, 2.75) is 20.8 Å². The lowest BCUT2D eigenvalue weighted by atomic mass is 10.1. The first-order chi connectivity index (χ1) is 15.1. The molecule has 0 aliphatic heterocycles. The lowest BCUT2D eigenvalue weighted by Gasteiger charge is -2.09. The summed E-state index contributed by atoms with van der Waals surface area (Å²) in [5, 5.41) is 6.31. The number of esters is 1. The Morgan fingerprint density at radius 2 is 1.62 bits per heavy atom. The number of carbonyl (C=O) groups is 3. The summed E-state index contributed by atoms with van der Waals surface area (Å²) in [6.45, 7) is 5.45. The third kappa shape index (κ3) is 4.96. The Bertz CT molecular complexity index is 1240. The van der Waals surface area contributed by atoms with Crippen LogP contribution in [0, 0.1) is 20.8 Å². The second-order valence-corrected chi connectivity index (χ2v) is 8.94. The van der Waals surface area contributed by atoms with Gasteiger partial charge in [0.1, 0.15) is 5.00 Å². The maximum atomic E-state index is 13.0. The van der Waals surface area contributed by atoms with Crippen LogP contribution in [-0.4, -0.2) is 24.9 Å². The molecule has 2 N–H and O–H groups in total. The Balaban J connectivity index is 1.96. The zero-order valence-corrected chi connectivity index (χ0v) is 20.1. The predicted octanol–water partition coefficient (Wildman–Crippen LogP) is 6.27. The predicted molar refractivity (Wildman–Crippen MR) is 129 cm³/mol. The molecule has 2 aromatic carbocycles. The van der Waals surface area contributed by atoms with E-state index in [1.165, 1.54) is 25.3 Å². The number of hydrogen-bond donors (Lipinski definition) is 2. The number of hydrogen-bond acceptors (Lipinski definition) is 5. The number of ether oxygens (including phenoxy) is 1. The minimum absolute atomic E-state index is 0.122. The van der Waals surface area contributed by atoms with E-state index in [1.54, 1.807) is 6.92 Å². The van der Waals surface area contributed by atoms with E-state index in [-0.39, 0.29) is 31.9 Å². The smallest absolute Gasteiger partial charge is 0.341 e. The first-order valence-electron chi connectivity index (χ1n) is 9.49. The quantitative estimate of drug-likeness (QED) is 0.412. The molecular formula is C23H20Cl2N2O4S. The van der Waals surface area contributed by atoms with Crippen LogP contribution in [0.4, 0.5) is 10.7 Å². The molecule has 0 atom stereocenters. The highest BCUT2D eigenvalue weighted by molar-refractivity contribution is 7.19. The summed E-state index contributed by atoms with van der Waals surface area (Å²) in [5.74, 6) is -1.55. The van der Waals surface area contributed by atoms with Gasteiger partial charge in [0, 0.05) is 11.3 Å². The number of rotatable bonds is 5. The van der Waals surface area contributed by atoms with Crippen molar-refractivity contribution in [2.24, 2.45) is 0 Å². The first kappa shape index (κ1) is 23.8. The van der Waals surface area contributed by atoms with Gasteiger partial charge in [-0.3, -0.25) is 9.59 Å². The Hall–Kier alpha value is -2.87. The van der Waals surface area contributed by atoms with E-state index < -0.39 is 11.9 Å². The van der Waals surface area contributed by atoms with Crippen molar-refractivity contribution in [1.29, 1.82) is 0 Å². The summed E-state index contributed by atoms with van der Waals surface area (Å²) in [6.07, 6.45) is 0. The molecule has 0 saturated carbocycles. The summed E-state index contributed by atoms with van der Waals surface area (Å²) in [4.78, 5) is 38.5. The molecule has 0 aliphatic rings. The second kappa shape index (κ2) is 9.73. The fraction of sp³-hybridized carbons (Fsp3) is 0.174. The van der Waals surface area contributed by atoms with Crippen LogP contribution in [0.1, 0.15) is 47.1 Å². The molecule has 3 aromatic rings. The number of nitrogens with one attached hydrogen (secondary N) is 2. The van der Waals surface area contributed by atoms with Gasteiger partial charge in [-0.2, -0.15) is 0 Å². The fourth-order valence-electron chi connectivity index (χ4n) is 3.03. The highest BCUT2D eigenvalue weighted by Gasteiger charge is 2.27. The van der Waals surface area contributed by atoms with Gasteiger partial charge in [-0.1, -0.05) is 35.3 Å². The van der Waals surface area contributed by atoms with Crippen LogP contribution in [0.3, 0.4) is 0 Å². The number of benzene rings is 2. The normalized spacial score (nSPS) is 10.6. The van der Waals surface area contributed by atoms with Crippen molar-refractivity contribution in [2.75, 3.05) is 17.7 Å². The second-order valence-electron chi connectivity index (χ2n) is 7.11. The number of thiophene rings is 1. The highest BCUT2D eigenvalue weighted by Crippen LogP contribution is 2.35. The van der Waals surface area contributed by atoms with Gasteiger partial charge in [0.25, 0.3) is 11.8 Å². The summed E-state index contributed by atoms with van der Waals surface area (Å²) in [6, 6.07) is 10.2. The molecule has 9 heteroatoms. The monoisotopic (exact) mass is 490 g/mol. The van der Waals surface area contributed by atoms with E-state index in [2.05, 4.69) is 10.6 Å². The van der Waals surface area contributed by atoms with Crippen LogP contribution >= 0.6 is 34.5 Å². The molecule has 0 fully saturated rings. The third-order valence-electron chi connectivity index (χ3n) is 4.79. The zero-order chi connectivity index (χ0) is 23.6. The molecule has 2 amide bonds. The number of anilines is 2. The largest absolute Gasteiger partial charge is 0.465 e. The molecule has 166 valence electrons. The summed E-state index contributed by atoms with van der Waals surface area (Å²) < 4.78 is 4.87. The Labute approximate surface area is 199 Å². The third-order valence-corrected chi connectivity index (χ3v) is 6.74. The van der Waals surface area contributed by atoms with Gasteiger partial charge < -0.3 is 15.4 Å². The minimum atomic E-state index is -0.658. The van der Waals surface area contributed by atoms with Gasteiger partial charge in [-0.05, 0) is 61.7 Å². The molecule has 0 unspecified atom stereocenters. The minimum Gasteiger partial charge on any atom is -0.465 e. The zero-order valence-electron chi connectivity index (χ0n) is 17.8. The van der Waals surface area contributed by atoms with Crippen molar-refractivity contribution in [3.8, 4) is 0 Å². The fourth-order valence-corrected chi connectivity index (χ4v) is 4.41. The van der Waals surface area contributed by atoms with E-state index in [0.29, 0.717) is 16.3 Å². The van der Waals surface area contributed by atoms with Gasteiger partial charge in [-0.15, -0.1) is 11.3 Å². The Morgan fingerprint density at radius 3 is 2.28 bits per heavy atom. The van der Waals surface area contributed by atoms with Crippen LogP contribution < -0.4 is 10.6 Å². The number of amides is 2. The molecule has 0 radical (unpaired) electrons. The van der Waals surface area contributed by atoms with Crippen molar-refractivity contribution >= 4 is 63.0 Å². The summed E-state index contributed by atoms with van der Waals surface area (Å²) in [5.41, 5.74) is 3.36. The molecule has 0 saturated heterocycles. The molecule has 1 aromatic heterocycles. The molecule has 3 rings (SSSR count). The van der Waals surface area contributed by atoms with Crippen molar-refractivity contribution in [3.63, 3.8) is 0 Å². The van der Waals surface area contributed by atoms with E-state index in [4.69, 9.17) is 27.9 Å². The van der Waals surface area contributed by atoms with Crippen LogP contribution in [-0.2, 0) is 4.74 Å². The molecule has 0 bridgehead atoms. The molecule has 32 heavy (non-hydrogen) atoms.